The van der Waals surface area contributed by atoms with Gasteiger partial charge in [-0.15, -0.1) is 0 Å². The fourth-order valence-electron chi connectivity index (χ4n) is 3.80. The highest BCUT2D eigenvalue weighted by molar-refractivity contribution is 6.07. The summed E-state index contributed by atoms with van der Waals surface area (Å²) in [6.45, 7) is 5.88. The molecular formula is C23H26N4O. The molecule has 28 heavy (non-hydrogen) atoms. The summed E-state index contributed by atoms with van der Waals surface area (Å²) in [5, 5.41) is 4.00. The number of piperidine rings is 1. The Kier molecular flexibility index (Phi) is 5.63. The molecule has 0 unspecified atom stereocenters. The molecule has 0 spiro atoms. The fraction of sp³-hybridized carbons (Fsp3) is 0.348. The summed E-state index contributed by atoms with van der Waals surface area (Å²) in [7, 11) is 0. The number of amides is 1. The topological polar surface area (TPSA) is 58.1 Å². The van der Waals surface area contributed by atoms with Crippen LogP contribution >= 0.6 is 0 Å². The highest BCUT2D eigenvalue weighted by atomic mass is 16.1. The van der Waals surface area contributed by atoms with Gasteiger partial charge in [-0.1, -0.05) is 18.1 Å². The average Bonchev–Trinajstić information content (AvgIpc) is 2.74. The van der Waals surface area contributed by atoms with Crippen LogP contribution in [0.5, 0.6) is 0 Å². The summed E-state index contributed by atoms with van der Waals surface area (Å²) >= 11 is 0. The number of aryl methyl sites for hydroxylation is 1. The summed E-state index contributed by atoms with van der Waals surface area (Å²) in [4.78, 5) is 24.4. The lowest BCUT2D eigenvalue weighted by atomic mass is 10.0. The van der Waals surface area contributed by atoms with Gasteiger partial charge in [-0.05, 0) is 63.2 Å². The number of hydrogen-bond donors (Lipinski definition) is 1. The first-order chi connectivity index (χ1) is 13.7. The standard InChI is InChI=1S/C23H26N4O/c1-17-7-8-21-19(14-17)20(15-22(26-21)18-6-5-9-24-16-18)23(28)25-10-13-27-11-3-2-4-12-27/h5-9,14-16H,2-4,10-13H2,1H3,(H,25,28). The van der Waals surface area contributed by atoms with Crippen LogP contribution in [0.15, 0.2) is 48.8 Å². The number of rotatable bonds is 5. The molecule has 1 aromatic carbocycles. The molecule has 4 rings (SSSR count). The van der Waals surface area contributed by atoms with Crippen LogP contribution in [0, 0.1) is 6.92 Å². The number of nitrogens with one attached hydrogen (secondary N) is 1. The Balaban J connectivity index is 1.60. The molecule has 1 N–H and O–H groups in total. The van der Waals surface area contributed by atoms with Crippen molar-refractivity contribution < 1.29 is 4.79 Å². The second-order valence-electron chi connectivity index (χ2n) is 7.48. The zero-order chi connectivity index (χ0) is 19.3. The molecule has 2 aromatic heterocycles. The maximum absolute atomic E-state index is 13.0. The molecule has 0 bridgehead atoms. The third-order valence-corrected chi connectivity index (χ3v) is 5.33. The van der Waals surface area contributed by atoms with Crippen LogP contribution in [-0.4, -0.2) is 47.0 Å². The minimum Gasteiger partial charge on any atom is -0.351 e. The van der Waals surface area contributed by atoms with Crippen LogP contribution in [0.1, 0.15) is 35.2 Å². The number of nitrogens with zero attached hydrogens (tertiary/aromatic N) is 3. The lowest BCUT2D eigenvalue weighted by molar-refractivity contribution is 0.0948. The quantitative estimate of drug-likeness (QED) is 0.738. The van der Waals surface area contributed by atoms with Crippen LogP contribution in [0.3, 0.4) is 0 Å². The lowest BCUT2D eigenvalue weighted by Crippen LogP contribution is -2.37. The van der Waals surface area contributed by atoms with E-state index in [1.807, 2.05) is 43.3 Å². The maximum atomic E-state index is 13.0. The minimum absolute atomic E-state index is 0.0415. The van der Waals surface area contributed by atoms with Crippen LogP contribution in [-0.2, 0) is 0 Å². The molecule has 0 saturated carbocycles. The van der Waals surface area contributed by atoms with Gasteiger partial charge < -0.3 is 10.2 Å². The number of carbonyl (C=O) groups is 1. The second kappa shape index (κ2) is 8.48. The molecular weight excluding hydrogens is 348 g/mol. The van der Waals surface area contributed by atoms with Gasteiger partial charge in [0.2, 0.25) is 0 Å². The van der Waals surface area contributed by atoms with Crippen LogP contribution in [0.4, 0.5) is 0 Å². The highest BCUT2D eigenvalue weighted by Gasteiger charge is 2.15. The molecule has 5 nitrogen and oxygen atoms in total. The number of pyridine rings is 2. The monoisotopic (exact) mass is 374 g/mol. The van der Waals surface area contributed by atoms with Crippen LogP contribution in [0.2, 0.25) is 0 Å². The Morgan fingerprint density at radius 1 is 1.14 bits per heavy atom. The molecule has 1 aliphatic heterocycles. The molecule has 1 fully saturated rings. The predicted molar refractivity (Wildman–Crippen MR) is 112 cm³/mol. The van der Waals surface area contributed by atoms with Gasteiger partial charge in [0.1, 0.15) is 0 Å². The van der Waals surface area contributed by atoms with Crippen molar-refractivity contribution in [3.8, 4) is 11.3 Å². The van der Waals surface area contributed by atoms with E-state index in [-0.39, 0.29) is 5.91 Å². The first-order valence-corrected chi connectivity index (χ1v) is 10.0. The number of aromatic nitrogens is 2. The Hall–Kier alpha value is -2.79. The second-order valence-corrected chi connectivity index (χ2v) is 7.48. The molecule has 3 heterocycles. The molecule has 3 aromatic rings. The predicted octanol–water partition coefficient (Wildman–Crippen LogP) is 3.82. The SMILES string of the molecule is Cc1ccc2nc(-c3cccnc3)cc(C(=O)NCCN3CCCCC3)c2c1. The van der Waals surface area contributed by atoms with E-state index in [1.165, 1.54) is 19.3 Å². The van der Waals surface area contributed by atoms with Crippen molar-refractivity contribution in [1.82, 2.24) is 20.2 Å². The largest absolute Gasteiger partial charge is 0.351 e. The van der Waals surface area contributed by atoms with E-state index in [0.29, 0.717) is 12.1 Å². The van der Waals surface area contributed by atoms with Gasteiger partial charge in [0, 0.05) is 36.4 Å². The zero-order valence-electron chi connectivity index (χ0n) is 16.3. The maximum Gasteiger partial charge on any atom is 0.252 e. The minimum atomic E-state index is -0.0415. The Morgan fingerprint density at radius 3 is 2.79 bits per heavy atom. The summed E-state index contributed by atoms with van der Waals surface area (Å²) in [5.74, 6) is -0.0415. The van der Waals surface area contributed by atoms with E-state index in [9.17, 15) is 4.79 Å². The summed E-state index contributed by atoms with van der Waals surface area (Å²) in [6.07, 6.45) is 7.36. The van der Waals surface area contributed by atoms with Crippen LogP contribution < -0.4 is 5.32 Å². The summed E-state index contributed by atoms with van der Waals surface area (Å²) < 4.78 is 0. The molecule has 1 saturated heterocycles. The Bertz CT molecular complexity index is 965. The van der Waals surface area contributed by atoms with Crippen molar-refractivity contribution in [1.29, 1.82) is 0 Å². The smallest absolute Gasteiger partial charge is 0.252 e. The lowest BCUT2D eigenvalue weighted by Gasteiger charge is -2.26. The van der Waals surface area contributed by atoms with Crippen molar-refractivity contribution in [2.75, 3.05) is 26.2 Å². The molecule has 5 heteroatoms. The van der Waals surface area contributed by atoms with Gasteiger partial charge >= 0.3 is 0 Å². The number of benzene rings is 1. The third kappa shape index (κ3) is 4.20. The van der Waals surface area contributed by atoms with E-state index < -0.39 is 0 Å². The Morgan fingerprint density at radius 2 is 2.00 bits per heavy atom. The van der Waals surface area contributed by atoms with Crippen molar-refractivity contribution in [3.05, 3.63) is 59.9 Å². The number of fused-ring (bicyclic) bond motifs is 1. The van der Waals surface area contributed by atoms with Gasteiger partial charge in [-0.2, -0.15) is 0 Å². The van der Waals surface area contributed by atoms with E-state index in [0.717, 1.165) is 47.4 Å². The first-order valence-electron chi connectivity index (χ1n) is 10.0. The van der Waals surface area contributed by atoms with Gasteiger partial charge in [-0.25, -0.2) is 4.98 Å². The van der Waals surface area contributed by atoms with Gasteiger partial charge in [0.25, 0.3) is 5.91 Å². The van der Waals surface area contributed by atoms with Crippen molar-refractivity contribution >= 4 is 16.8 Å². The molecule has 0 radical (unpaired) electrons. The van der Waals surface area contributed by atoms with Gasteiger partial charge in [0.05, 0.1) is 16.8 Å². The molecule has 1 amide bonds. The number of likely N-dealkylation sites (tertiary alicyclic amines) is 1. The normalized spacial score (nSPS) is 14.9. The molecule has 0 aliphatic carbocycles. The van der Waals surface area contributed by atoms with Crippen molar-refractivity contribution in [2.45, 2.75) is 26.2 Å². The van der Waals surface area contributed by atoms with Crippen molar-refractivity contribution in [2.24, 2.45) is 0 Å². The van der Waals surface area contributed by atoms with Gasteiger partial charge in [-0.3, -0.25) is 9.78 Å². The average molecular weight is 374 g/mol. The van der Waals surface area contributed by atoms with Crippen molar-refractivity contribution in [3.63, 3.8) is 0 Å². The highest BCUT2D eigenvalue weighted by Crippen LogP contribution is 2.25. The van der Waals surface area contributed by atoms with E-state index in [1.54, 1.807) is 12.4 Å². The van der Waals surface area contributed by atoms with E-state index >= 15 is 0 Å². The van der Waals surface area contributed by atoms with E-state index in [2.05, 4.69) is 15.2 Å². The van der Waals surface area contributed by atoms with E-state index in [4.69, 9.17) is 4.98 Å². The Labute approximate surface area is 165 Å². The molecule has 1 aliphatic rings. The summed E-state index contributed by atoms with van der Waals surface area (Å²) in [6, 6.07) is 11.8. The molecule has 144 valence electrons. The summed E-state index contributed by atoms with van der Waals surface area (Å²) in [5.41, 5.74) is 4.29. The third-order valence-electron chi connectivity index (χ3n) is 5.33. The van der Waals surface area contributed by atoms with Gasteiger partial charge in [0.15, 0.2) is 0 Å². The first kappa shape index (κ1) is 18.6. The van der Waals surface area contributed by atoms with Crippen LogP contribution in [0.25, 0.3) is 22.2 Å². The molecule has 0 atom stereocenters. The zero-order valence-corrected chi connectivity index (χ0v) is 16.3. The fourth-order valence-corrected chi connectivity index (χ4v) is 3.80. The number of carbonyl (C=O) groups excluding carboxylic acids is 1. The number of hydrogen-bond acceptors (Lipinski definition) is 4.